The van der Waals surface area contributed by atoms with Crippen LogP contribution < -0.4 is 0 Å². The lowest BCUT2D eigenvalue weighted by atomic mass is 9.81. The fourth-order valence-electron chi connectivity index (χ4n) is 2.84. The van der Waals surface area contributed by atoms with E-state index in [0.717, 1.165) is 4.90 Å². The van der Waals surface area contributed by atoms with Gasteiger partial charge in [0.05, 0.1) is 0 Å². The van der Waals surface area contributed by atoms with Gasteiger partial charge in [-0.25, -0.2) is 0 Å². The fraction of sp³-hybridized carbons (Fsp3) is 0.467. The average Bonchev–Trinajstić information content (AvgIpc) is 2.81. The highest BCUT2D eigenvalue weighted by Crippen LogP contribution is 2.36. The molecule has 0 fully saturated rings. The number of hydrogen-bond donors (Lipinski definition) is 0. The molecule has 0 saturated carbocycles. The van der Waals surface area contributed by atoms with Crippen LogP contribution in [0.25, 0.3) is 0 Å². The highest BCUT2D eigenvalue weighted by molar-refractivity contribution is 6.19. The Bertz CT molecular complexity index is 595. The van der Waals surface area contributed by atoms with Crippen molar-refractivity contribution in [2.75, 3.05) is 13.1 Å². The zero-order valence-electron chi connectivity index (χ0n) is 12.6. The number of amides is 4. The van der Waals surface area contributed by atoms with Crippen LogP contribution in [0.1, 0.15) is 27.7 Å². The number of carbonyl (C=O) groups excluding carboxylic acids is 4. The van der Waals surface area contributed by atoms with Crippen LogP contribution in [-0.4, -0.2) is 46.5 Å². The van der Waals surface area contributed by atoms with Crippen molar-refractivity contribution < 1.29 is 19.2 Å². The standard InChI is InChI=1S/C15H18N2O4/c1-5-16-13(20)9(2)12(14(16)21)15(3,4)8-17-10(18)6-7-11(17)19/h6-7H,5,8H2,1-4H3. The Hall–Kier alpha value is -2.24. The van der Waals surface area contributed by atoms with Gasteiger partial charge in [0.2, 0.25) is 0 Å². The first-order valence-corrected chi connectivity index (χ1v) is 6.81. The molecular formula is C15H18N2O4. The molecule has 0 N–H and O–H groups in total. The first kappa shape index (κ1) is 15.2. The van der Waals surface area contributed by atoms with Gasteiger partial charge in [-0.15, -0.1) is 0 Å². The Morgan fingerprint density at radius 3 is 1.90 bits per heavy atom. The molecule has 2 rings (SSSR count). The predicted octanol–water partition coefficient (Wildman–Crippen LogP) is 0.643. The summed E-state index contributed by atoms with van der Waals surface area (Å²) in [7, 11) is 0. The molecule has 0 aromatic heterocycles. The molecule has 0 aromatic rings. The van der Waals surface area contributed by atoms with E-state index in [0.29, 0.717) is 17.7 Å². The van der Waals surface area contributed by atoms with E-state index < -0.39 is 17.2 Å². The third kappa shape index (κ3) is 2.30. The normalized spacial score (nSPS) is 19.6. The largest absolute Gasteiger partial charge is 0.275 e. The van der Waals surface area contributed by atoms with Gasteiger partial charge in [0.1, 0.15) is 0 Å². The smallest absolute Gasteiger partial charge is 0.257 e. The number of carbonyl (C=O) groups is 4. The van der Waals surface area contributed by atoms with Gasteiger partial charge in [0.15, 0.2) is 0 Å². The Balaban J connectivity index is 2.32. The number of imide groups is 2. The minimum Gasteiger partial charge on any atom is -0.275 e. The second-order valence-electron chi connectivity index (χ2n) is 5.83. The van der Waals surface area contributed by atoms with Gasteiger partial charge < -0.3 is 0 Å². The molecule has 6 heteroatoms. The van der Waals surface area contributed by atoms with E-state index >= 15 is 0 Å². The number of likely N-dealkylation sites (N-methyl/N-ethyl adjacent to an activating group) is 1. The second kappa shape index (κ2) is 4.95. The highest BCUT2D eigenvalue weighted by atomic mass is 16.2. The van der Waals surface area contributed by atoms with Gasteiger partial charge in [0, 0.05) is 41.8 Å². The third-order valence-corrected chi connectivity index (χ3v) is 3.85. The Labute approximate surface area is 123 Å². The molecule has 0 unspecified atom stereocenters. The molecule has 2 aliphatic heterocycles. The van der Waals surface area contributed by atoms with E-state index in [9.17, 15) is 19.2 Å². The summed E-state index contributed by atoms with van der Waals surface area (Å²) in [6.07, 6.45) is 2.42. The van der Waals surface area contributed by atoms with Gasteiger partial charge in [-0.2, -0.15) is 0 Å². The molecule has 0 spiro atoms. The summed E-state index contributed by atoms with van der Waals surface area (Å²) in [6.45, 7) is 7.23. The maximum atomic E-state index is 12.4. The molecule has 4 amide bonds. The van der Waals surface area contributed by atoms with Crippen molar-refractivity contribution in [3.8, 4) is 0 Å². The molecule has 0 atom stereocenters. The Morgan fingerprint density at radius 1 is 0.952 bits per heavy atom. The van der Waals surface area contributed by atoms with Crippen LogP contribution >= 0.6 is 0 Å². The summed E-state index contributed by atoms with van der Waals surface area (Å²) >= 11 is 0. The van der Waals surface area contributed by atoms with Crippen molar-refractivity contribution in [2.45, 2.75) is 27.7 Å². The molecule has 6 nitrogen and oxygen atoms in total. The predicted molar refractivity (Wildman–Crippen MR) is 74.7 cm³/mol. The maximum absolute atomic E-state index is 12.4. The molecule has 112 valence electrons. The van der Waals surface area contributed by atoms with E-state index in [-0.39, 0.29) is 18.4 Å². The topological polar surface area (TPSA) is 74.8 Å². The number of hydrogen-bond acceptors (Lipinski definition) is 4. The highest BCUT2D eigenvalue weighted by Gasteiger charge is 2.44. The summed E-state index contributed by atoms with van der Waals surface area (Å²) in [5.41, 5.74) is -0.0151. The minimum atomic E-state index is -0.780. The zero-order chi connectivity index (χ0) is 15.9. The Morgan fingerprint density at radius 2 is 1.48 bits per heavy atom. The molecule has 21 heavy (non-hydrogen) atoms. The SMILES string of the molecule is CCN1C(=O)C(C)=C(C(C)(C)CN2C(=O)C=CC2=O)C1=O. The Kier molecular flexibility index (Phi) is 3.57. The van der Waals surface area contributed by atoms with Crippen LogP contribution in [0.5, 0.6) is 0 Å². The van der Waals surface area contributed by atoms with Crippen LogP contribution in [-0.2, 0) is 19.2 Å². The molecule has 0 bridgehead atoms. The van der Waals surface area contributed by atoms with Crippen molar-refractivity contribution in [3.63, 3.8) is 0 Å². The van der Waals surface area contributed by atoms with Crippen LogP contribution in [0, 0.1) is 5.41 Å². The lowest BCUT2D eigenvalue weighted by Gasteiger charge is -2.30. The van der Waals surface area contributed by atoms with E-state index in [4.69, 9.17) is 0 Å². The molecule has 0 aromatic carbocycles. The summed E-state index contributed by atoms with van der Waals surface area (Å²) < 4.78 is 0. The van der Waals surface area contributed by atoms with Gasteiger partial charge in [-0.1, -0.05) is 13.8 Å². The second-order valence-corrected chi connectivity index (χ2v) is 5.83. The van der Waals surface area contributed by atoms with E-state index in [1.54, 1.807) is 27.7 Å². The van der Waals surface area contributed by atoms with Crippen molar-refractivity contribution >= 4 is 23.6 Å². The van der Waals surface area contributed by atoms with Crippen molar-refractivity contribution in [1.29, 1.82) is 0 Å². The average molecular weight is 290 g/mol. The number of rotatable bonds is 4. The third-order valence-electron chi connectivity index (χ3n) is 3.85. The first-order chi connectivity index (χ1) is 9.70. The van der Waals surface area contributed by atoms with Crippen molar-refractivity contribution in [1.82, 2.24) is 9.80 Å². The summed E-state index contributed by atoms with van der Waals surface area (Å²) in [4.78, 5) is 50.0. The molecule has 0 aliphatic carbocycles. The first-order valence-electron chi connectivity index (χ1n) is 6.81. The van der Waals surface area contributed by atoms with Gasteiger partial charge in [0.25, 0.3) is 23.6 Å². The molecule has 0 saturated heterocycles. The molecule has 0 radical (unpaired) electrons. The van der Waals surface area contributed by atoms with Crippen molar-refractivity contribution in [3.05, 3.63) is 23.3 Å². The lowest BCUT2D eigenvalue weighted by Crippen LogP contribution is -2.41. The quantitative estimate of drug-likeness (QED) is 0.712. The molecule has 2 aliphatic rings. The van der Waals surface area contributed by atoms with Crippen LogP contribution in [0.15, 0.2) is 23.3 Å². The van der Waals surface area contributed by atoms with Crippen molar-refractivity contribution in [2.24, 2.45) is 5.41 Å². The van der Waals surface area contributed by atoms with E-state index in [1.807, 2.05) is 0 Å². The monoisotopic (exact) mass is 290 g/mol. The zero-order valence-corrected chi connectivity index (χ0v) is 12.6. The summed E-state index contributed by atoms with van der Waals surface area (Å²) in [6, 6.07) is 0. The summed E-state index contributed by atoms with van der Waals surface area (Å²) in [5, 5.41) is 0. The maximum Gasteiger partial charge on any atom is 0.257 e. The van der Waals surface area contributed by atoms with Gasteiger partial charge >= 0.3 is 0 Å². The van der Waals surface area contributed by atoms with E-state index in [1.165, 1.54) is 17.1 Å². The number of nitrogens with zero attached hydrogens (tertiary/aromatic N) is 2. The van der Waals surface area contributed by atoms with Gasteiger partial charge in [-0.3, -0.25) is 29.0 Å². The van der Waals surface area contributed by atoms with Crippen LogP contribution in [0.2, 0.25) is 0 Å². The lowest BCUT2D eigenvalue weighted by molar-refractivity contribution is -0.141. The minimum absolute atomic E-state index is 0.0704. The van der Waals surface area contributed by atoms with Crippen LogP contribution in [0.3, 0.4) is 0 Å². The molecule has 2 heterocycles. The fourth-order valence-corrected chi connectivity index (χ4v) is 2.84. The van der Waals surface area contributed by atoms with Crippen LogP contribution in [0.4, 0.5) is 0 Å². The van der Waals surface area contributed by atoms with Gasteiger partial charge in [-0.05, 0) is 13.8 Å². The molecular weight excluding hydrogens is 272 g/mol. The summed E-state index contributed by atoms with van der Waals surface area (Å²) in [5.74, 6) is -1.43. The van der Waals surface area contributed by atoms with E-state index in [2.05, 4.69) is 0 Å².